The van der Waals surface area contributed by atoms with Crippen LogP contribution in [0.2, 0.25) is 0 Å². The van der Waals surface area contributed by atoms with E-state index in [0.29, 0.717) is 17.8 Å². The predicted octanol–water partition coefficient (Wildman–Crippen LogP) is 6.69. The standard InChI is InChI=1S/C26H37ClO3/c1-26(2,3)18-8-10-24(28)20-14-12-19(13-15-20)21-16-17-23(27)22(21)9-6-4-5-7-11-25(29)30/h12-15,21-24,28H,4-5,7-8,10-11,16-18H2,1-3H3,(H,29,30). The molecule has 0 radical (unpaired) electrons. The Bertz CT molecular complexity index is 723. The van der Waals surface area contributed by atoms with E-state index in [1.54, 1.807) is 0 Å². The molecule has 4 heteroatoms. The van der Waals surface area contributed by atoms with Crippen molar-refractivity contribution in [2.75, 3.05) is 0 Å². The summed E-state index contributed by atoms with van der Waals surface area (Å²) in [6.07, 6.45) is 6.91. The minimum absolute atomic E-state index is 0.0594. The average molecular weight is 433 g/mol. The van der Waals surface area contributed by atoms with Gasteiger partial charge in [-0.1, -0.05) is 57.4 Å². The van der Waals surface area contributed by atoms with Crippen molar-refractivity contribution in [3.05, 3.63) is 35.4 Å². The normalized spacial score (nSPS) is 22.4. The van der Waals surface area contributed by atoms with Crippen LogP contribution in [-0.4, -0.2) is 21.6 Å². The number of carbonyl (C=O) groups is 1. The Kier molecular flexibility index (Phi) is 9.72. The van der Waals surface area contributed by atoms with Gasteiger partial charge in [-0.15, -0.1) is 17.5 Å². The molecule has 1 fully saturated rings. The van der Waals surface area contributed by atoms with E-state index in [4.69, 9.17) is 16.7 Å². The van der Waals surface area contributed by atoms with Crippen LogP contribution in [0, 0.1) is 23.2 Å². The predicted molar refractivity (Wildman–Crippen MR) is 124 cm³/mol. The van der Waals surface area contributed by atoms with E-state index in [-0.39, 0.29) is 17.7 Å². The third-order valence-corrected chi connectivity index (χ3v) is 6.43. The van der Waals surface area contributed by atoms with Gasteiger partial charge in [0.05, 0.1) is 6.10 Å². The second kappa shape index (κ2) is 11.8. The monoisotopic (exact) mass is 432 g/mol. The third kappa shape index (κ3) is 8.32. The zero-order valence-corrected chi connectivity index (χ0v) is 19.4. The first-order valence-corrected chi connectivity index (χ1v) is 11.7. The number of hydrogen-bond donors (Lipinski definition) is 2. The van der Waals surface area contributed by atoms with E-state index < -0.39 is 12.1 Å². The number of hydrogen-bond acceptors (Lipinski definition) is 2. The van der Waals surface area contributed by atoms with Crippen molar-refractivity contribution in [2.24, 2.45) is 11.3 Å². The summed E-state index contributed by atoms with van der Waals surface area (Å²) in [7, 11) is 0. The fourth-order valence-electron chi connectivity index (χ4n) is 4.15. The molecule has 1 saturated carbocycles. The summed E-state index contributed by atoms with van der Waals surface area (Å²) < 4.78 is 0. The number of aliphatic hydroxyl groups excluding tert-OH is 1. The molecule has 0 saturated heterocycles. The maximum absolute atomic E-state index is 10.6. The summed E-state index contributed by atoms with van der Waals surface area (Å²) in [4.78, 5) is 10.6. The van der Waals surface area contributed by atoms with Gasteiger partial charge in [0.2, 0.25) is 0 Å². The summed E-state index contributed by atoms with van der Waals surface area (Å²) in [6, 6.07) is 8.36. The molecule has 1 aliphatic carbocycles. The molecule has 0 spiro atoms. The molecule has 1 aromatic carbocycles. The lowest BCUT2D eigenvalue weighted by atomic mass is 9.87. The SMILES string of the molecule is CC(C)(C)CCCC(O)c1ccc(C2CCC(Cl)C2C#CCCCCC(=O)O)cc1. The Morgan fingerprint density at radius 2 is 1.87 bits per heavy atom. The minimum Gasteiger partial charge on any atom is -0.481 e. The van der Waals surface area contributed by atoms with Crippen LogP contribution in [0.25, 0.3) is 0 Å². The third-order valence-electron chi connectivity index (χ3n) is 5.94. The van der Waals surface area contributed by atoms with Crippen LogP contribution < -0.4 is 0 Å². The molecule has 4 unspecified atom stereocenters. The van der Waals surface area contributed by atoms with E-state index in [1.165, 1.54) is 5.56 Å². The van der Waals surface area contributed by atoms with Gasteiger partial charge in [-0.2, -0.15) is 0 Å². The van der Waals surface area contributed by atoms with E-state index in [2.05, 4.69) is 56.9 Å². The molecule has 166 valence electrons. The van der Waals surface area contributed by atoms with Crippen molar-refractivity contribution in [3.8, 4) is 11.8 Å². The van der Waals surface area contributed by atoms with Crippen molar-refractivity contribution in [3.63, 3.8) is 0 Å². The molecule has 1 aromatic rings. The summed E-state index contributed by atoms with van der Waals surface area (Å²) in [6.45, 7) is 6.69. The molecule has 30 heavy (non-hydrogen) atoms. The quantitative estimate of drug-likeness (QED) is 0.259. The smallest absolute Gasteiger partial charge is 0.303 e. The molecule has 0 amide bonds. The Morgan fingerprint density at radius 1 is 1.17 bits per heavy atom. The van der Waals surface area contributed by atoms with Crippen LogP contribution >= 0.6 is 11.6 Å². The van der Waals surface area contributed by atoms with Crippen LogP contribution in [-0.2, 0) is 4.79 Å². The fourth-order valence-corrected chi connectivity index (χ4v) is 4.52. The van der Waals surface area contributed by atoms with Gasteiger partial charge in [0, 0.05) is 24.1 Å². The summed E-state index contributed by atoms with van der Waals surface area (Å²) >= 11 is 6.56. The molecular formula is C26H37ClO3. The summed E-state index contributed by atoms with van der Waals surface area (Å²) in [5.41, 5.74) is 2.53. The lowest BCUT2D eigenvalue weighted by Gasteiger charge is -2.20. The van der Waals surface area contributed by atoms with Crippen molar-refractivity contribution >= 4 is 17.6 Å². The van der Waals surface area contributed by atoms with Crippen LogP contribution in [0.4, 0.5) is 0 Å². The first-order chi connectivity index (χ1) is 14.2. The van der Waals surface area contributed by atoms with Gasteiger partial charge in [0.15, 0.2) is 0 Å². The molecule has 0 aliphatic heterocycles. The Labute approximate surface area is 187 Å². The van der Waals surface area contributed by atoms with Crippen molar-refractivity contribution < 1.29 is 15.0 Å². The van der Waals surface area contributed by atoms with Crippen molar-refractivity contribution in [2.45, 2.75) is 96.0 Å². The van der Waals surface area contributed by atoms with Gasteiger partial charge in [-0.25, -0.2) is 0 Å². The van der Waals surface area contributed by atoms with Gasteiger partial charge >= 0.3 is 5.97 Å². The molecule has 1 aliphatic rings. The molecule has 3 nitrogen and oxygen atoms in total. The van der Waals surface area contributed by atoms with Gasteiger partial charge in [0.25, 0.3) is 0 Å². The van der Waals surface area contributed by atoms with Gasteiger partial charge in [-0.3, -0.25) is 4.79 Å². The molecule has 4 atom stereocenters. The highest BCUT2D eigenvalue weighted by molar-refractivity contribution is 6.21. The maximum atomic E-state index is 10.6. The number of rotatable bonds is 9. The van der Waals surface area contributed by atoms with Crippen LogP contribution in [0.1, 0.15) is 102 Å². The molecular weight excluding hydrogens is 396 g/mol. The van der Waals surface area contributed by atoms with Crippen molar-refractivity contribution in [1.82, 2.24) is 0 Å². The largest absolute Gasteiger partial charge is 0.481 e. The van der Waals surface area contributed by atoms with Crippen LogP contribution in [0.5, 0.6) is 0 Å². The Balaban J connectivity index is 1.91. The van der Waals surface area contributed by atoms with Gasteiger partial charge in [-0.05, 0) is 61.0 Å². The van der Waals surface area contributed by atoms with E-state index in [1.807, 2.05) is 0 Å². The Morgan fingerprint density at radius 3 is 2.50 bits per heavy atom. The zero-order chi connectivity index (χ0) is 22.1. The maximum Gasteiger partial charge on any atom is 0.303 e. The molecule has 0 bridgehead atoms. The second-order valence-corrected chi connectivity index (χ2v) is 10.3. The highest BCUT2D eigenvalue weighted by Crippen LogP contribution is 2.42. The van der Waals surface area contributed by atoms with Crippen molar-refractivity contribution in [1.29, 1.82) is 0 Å². The molecule has 0 heterocycles. The molecule has 2 rings (SSSR count). The number of carboxylic acid groups (broad SMARTS) is 1. The van der Waals surface area contributed by atoms with Crippen LogP contribution in [0.3, 0.4) is 0 Å². The number of carboxylic acids is 1. The minimum atomic E-state index is -0.748. The van der Waals surface area contributed by atoms with Crippen LogP contribution in [0.15, 0.2) is 24.3 Å². The topological polar surface area (TPSA) is 57.5 Å². The first kappa shape index (κ1) is 24.8. The summed E-state index contributed by atoms with van der Waals surface area (Å²) in [5.74, 6) is 6.31. The second-order valence-electron chi connectivity index (χ2n) is 9.78. The molecule has 0 aromatic heterocycles. The lowest BCUT2D eigenvalue weighted by Crippen LogP contribution is -2.12. The first-order valence-electron chi connectivity index (χ1n) is 11.3. The number of benzene rings is 1. The van der Waals surface area contributed by atoms with E-state index in [9.17, 15) is 9.90 Å². The highest BCUT2D eigenvalue weighted by atomic mass is 35.5. The van der Waals surface area contributed by atoms with E-state index >= 15 is 0 Å². The number of alkyl halides is 1. The van der Waals surface area contributed by atoms with Gasteiger partial charge in [0.1, 0.15) is 0 Å². The average Bonchev–Trinajstić information content (AvgIpc) is 3.04. The number of halogens is 1. The zero-order valence-electron chi connectivity index (χ0n) is 18.7. The highest BCUT2D eigenvalue weighted by Gasteiger charge is 2.34. The fraction of sp³-hybridized carbons (Fsp3) is 0.654. The number of unbranched alkanes of at least 4 members (excludes halogenated alkanes) is 2. The number of aliphatic hydroxyl groups is 1. The van der Waals surface area contributed by atoms with E-state index in [0.717, 1.165) is 50.5 Å². The number of aliphatic carboxylic acids is 1. The van der Waals surface area contributed by atoms with Gasteiger partial charge < -0.3 is 10.2 Å². The Hall–Kier alpha value is -1.50. The molecule has 2 N–H and O–H groups in total. The lowest BCUT2D eigenvalue weighted by molar-refractivity contribution is -0.137. The summed E-state index contributed by atoms with van der Waals surface area (Å²) in [5, 5.41) is 19.3.